The molecule has 102 valence electrons. The van der Waals surface area contributed by atoms with Crippen LogP contribution in [0.5, 0.6) is 5.75 Å². The maximum atomic E-state index is 11.8. The molecule has 0 unspecified atom stereocenters. The van der Waals surface area contributed by atoms with Crippen molar-refractivity contribution in [2.24, 2.45) is 5.10 Å². The van der Waals surface area contributed by atoms with Crippen LogP contribution in [0.4, 0.5) is 5.69 Å². The van der Waals surface area contributed by atoms with Gasteiger partial charge in [0, 0.05) is 0 Å². The monoisotopic (exact) mass is 288 g/mol. The Morgan fingerprint density at radius 3 is 3.00 bits per heavy atom. The lowest BCUT2D eigenvalue weighted by Crippen LogP contribution is -2.44. The molecule has 1 fully saturated rings. The van der Waals surface area contributed by atoms with E-state index in [-0.39, 0.29) is 16.8 Å². The fraction of sp³-hybridized carbons (Fsp3) is 0.286. The number of methoxy groups -OCH3 is 1. The molecule has 5 nitrogen and oxygen atoms in total. The van der Waals surface area contributed by atoms with Gasteiger partial charge in [-0.25, -0.2) is 4.79 Å². The zero-order valence-electron chi connectivity index (χ0n) is 10.8. The summed E-state index contributed by atoms with van der Waals surface area (Å²) in [4.78, 5) is 11.8. The first-order chi connectivity index (χ1) is 9.74. The van der Waals surface area contributed by atoms with Crippen LogP contribution in [-0.4, -0.2) is 36.2 Å². The number of ether oxygens (including phenoxy) is 2. The summed E-state index contributed by atoms with van der Waals surface area (Å²) in [5.74, 6) is 0.494. The number of hydrazone groups is 1. The van der Waals surface area contributed by atoms with Crippen LogP contribution >= 0.6 is 11.8 Å². The maximum Gasteiger partial charge on any atom is 0.356 e. The van der Waals surface area contributed by atoms with Gasteiger partial charge in [0.25, 0.3) is 0 Å². The van der Waals surface area contributed by atoms with E-state index in [9.17, 15) is 4.79 Å². The minimum absolute atomic E-state index is 0.0299. The van der Waals surface area contributed by atoms with Crippen molar-refractivity contribution in [3.8, 4) is 5.75 Å². The average Bonchev–Trinajstić information content (AvgIpc) is 3.10. The number of cyclic esters (lactones) is 1. The lowest BCUT2D eigenvalue weighted by atomic mass is 9.97. The Bertz CT molecular complexity index is 640. The van der Waals surface area contributed by atoms with Crippen molar-refractivity contribution in [3.63, 3.8) is 0 Å². The van der Waals surface area contributed by atoms with Crippen molar-refractivity contribution in [1.82, 2.24) is 0 Å². The number of benzene rings is 1. The minimum atomic E-state index is -0.364. The molecule has 1 aromatic carbocycles. The van der Waals surface area contributed by atoms with Gasteiger partial charge in [0.2, 0.25) is 0 Å². The predicted octanol–water partition coefficient (Wildman–Crippen LogP) is 1.80. The number of rotatable bonds is 2. The largest absolute Gasteiger partial charge is 0.497 e. The van der Waals surface area contributed by atoms with E-state index in [2.05, 4.69) is 11.2 Å². The third kappa shape index (κ3) is 1.39. The standard InChI is InChI=1S/C14H12N2O3S/c1-18-10-4-2-9(3-5-10)16-11-6-7-20-14(11)8-19-13(17)12(14)15-16/h2-7,11H,8H2,1H3/t11-,14+/m1/s1. The van der Waals surface area contributed by atoms with Gasteiger partial charge in [0.05, 0.1) is 18.8 Å². The Hall–Kier alpha value is -1.95. The van der Waals surface area contributed by atoms with Crippen LogP contribution in [-0.2, 0) is 9.53 Å². The van der Waals surface area contributed by atoms with E-state index >= 15 is 0 Å². The first-order valence-electron chi connectivity index (χ1n) is 6.28. The molecule has 3 heterocycles. The summed E-state index contributed by atoms with van der Waals surface area (Å²) >= 11 is 1.62. The van der Waals surface area contributed by atoms with Crippen LogP contribution in [0.25, 0.3) is 0 Å². The highest BCUT2D eigenvalue weighted by Crippen LogP contribution is 2.49. The minimum Gasteiger partial charge on any atom is -0.497 e. The maximum absolute atomic E-state index is 11.8. The van der Waals surface area contributed by atoms with Crippen molar-refractivity contribution < 1.29 is 14.3 Å². The molecule has 4 rings (SSSR count). The lowest BCUT2D eigenvalue weighted by molar-refractivity contribution is -0.133. The fourth-order valence-corrected chi connectivity index (χ4v) is 3.94. The second-order valence-corrected chi connectivity index (χ2v) is 6.08. The molecule has 6 heteroatoms. The van der Waals surface area contributed by atoms with Crippen LogP contribution in [0, 0.1) is 0 Å². The van der Waals surface area contributed by atoms with Gasteiger partial charge in [-0.2, -0.15) is 5.10 Å². The molecule has 3 aliphatic rings. The first-order valence-corrected chi connectivity index (χ1v) is 7.16. The topological polar surface area (TPSA) is 51.1 Å². The van der Waals surface area contributed by atoms with Crippen molar-refractivity contribution >= 4 is 29.1 Å². The summed E-state index contributed by atoms with van der Waals surface area (Å²) in [6, 6.07) is 7.70. The highest BCUT2D eigenvalue weighted by molar-refractivity contribution is 8.04. The highest BCUT2D eigenvalue weighted by atomic mass is 32.2. The molecule has 1 saturated heterocycles. The summed E-state index contributed by atoms with van der Waals surface area (Å²) < 4.78 is 9.97. The number of thioether (sulfide) groups is 1. The molecule has 3 aliphatic heterocycles. The van der Waals surface area contributed by atoms with Gasteiger partial charge in [-0.15, -0.1) is 11.8 Å². The third-order valence-corrected chi connectivity index (χ3v) is 5.10. The molecule has 0 N–H and O–H groups in total. The third-order valence-electron chi connectivity index (χ3n) is 3.84. The van der Waals surface area contributed by atoms with E-state index < -0.39 is 0 Å². The molecule has 2 atom stereocenters. The zero-order chi connectivity index (χ0) is 13.7. The molecule has 1 aromatic rings. The molecule has 20 heavy (non-hydrogen) atoms. The average molecular weight is 288 g/mol. The van der Waals surface area contributed by atoms with Crippen molar-refractivity contribution in [3.05, 3.63) is 35.7 Å². The number of esters is 1. The summed E-state index contributed by atoms with van der Waals surface area (Å²) in [5.41, 5.74) is 1.46. The Balaban J connectivity index is 1.75. The smallest absolute Gasteiger partial charge is 0.356 e. The van der Waals surface area contributed by atoms with Gasteiger partial charge in [-0.3, -0.25) is 5.01 Å². The van der Waals surface area contributed by atoms with Crippen molar-refractivity contribution in [1.29, 1.82) is 0 Å². The zero-order valence-corrected chi connectivity index (χ0v) is 11.6. The summed E-state index contributed by atoms with van der Waals surface area (Å²) in [6.07, 6.45) is 2.08. The van der Waals surface area contributed by atoms with E-state index in [1.54, 1.807) is 18.9 Å². The Kier molecular flexibility index (Phi) is 2.38. The van der Waals surface area contributed by atoms with Crippen molar-refractivity contribution in [2.75, 3.05) is 18.7 Å². The van der Waals surface area contributed by atoms with Crippen molar-refractivity contribution in [2.45, 2.75) is 10.8 Å². The van der Waals surface area contributed by atoms with Gasteiger partial charge >= 0.3 is 5.97 Å². The molecule has 0 amide bonds. The van der Waals surface area contributed by atoms with E-state index in [4.69, 9.17) is 9.47 Å². The van der Waals surface area contributed by atoms with Crippen LogP contribution in [0.3, 0.4) is 0 Å². The van der Waals surface area contributed by atoms with E-state index in [0.29, 0.717) is 12.3 Å². The molecule has 0 saturated carbocycles. The number of nitrogens with zero attached hydrogens (tertiary/aromatic N) is 2. The second-order valence-electron chi connectivity index (χ2n) is 4.85. The van der Waals surface area contributed by atoms with Gasteiger partial charge in [-0.05, 0) is 29.7 Å². The van der Waals surface area contributed by atoms with E-state index in [1.807, 2.05) is 34.7 Å². The van der Waals surface area contributed by atoms with Crippen LogP contribution < -0.4 is 9.75 Å². The van der Waals surface area contributed by atoms with Crippen LogP contribution in [0.15, 0.2) is 40.9 Å². The molecule has 0 aromatic heterocycles. The van der Waals surface area contributed by atoms with Gasteiger partial charge < -0.3 is 9.47 Å². The SMILES string of the molecule is COc1ccc(N2N=C3C(=O)OC[C@@]34SC=C[C@@H]24)cc1. The Morgan fingerprint density at radius 2 is 2.25 bits per heavy atom. The number of hydrogen-bond acceptors (Lipinski definition) is 6. The van der Waals surface area contributed by atoms with Crippen LogP contribution in [0.1, 0.15) is 0 Å². The molecular formula is C14H12N2O3S. The molecule has 0 bridgehead atoms. The number of carbonyl (C=O) groups excluding carboxylic acids is 1. The number of anilines is 1. The second kappa shape index (κ2) is 4.02. The molecule has 0 aliphatic carbocycles. The Morgan fingerprint density at radius 1 is 1.45 bits per heavy atom. The van der Waals surface area contributed by atoms with Gasteiger partial charge in [-0.1, -0.05) is 6.08 Å². The van der Waals surface area contributed by atoms with E-state index in [0.717, 1.165) is 11.4 Å². The van der Waals surface area contributed by atoms with Gasteiger partial charge in [0.15, 0.2) is 5.71 Å². The normalized spacial score (nSPS) is 30.1. The van der Waals surface area contributed by atoms with Gasteiger partial charge in [0.1, 0.15) is 17.1 Å². The number of hydrogen-bond donors (Lipinski definition) is 0. The first kappa shape index (κ1) is 11.8. The molecule has 1 spiro atoms. The molecule has 0 radical (unpaired) electrons. The van der Waals surface area contributed by atoms with Crippen LogP contribution in [0.2, 0.25) is 0 Å². The summed E-state index contributed by atoms with van der Waals surface area (Å²) in [7, 11) is 1.64. The Labute approximate surface area is 120 Å². The molecular weight excluding hydrogens is 276 g/mol. The highest BCUT2D eigenvalue weighted by Gasteiger charge is 2.60. The summed E-state index contributed by atoms with van der Waals surface area (Å²) in [5, 5.41) is 8.41. The lowest BCUT2D eigenvalue weighted by Gasteiger charge is -2.27. The quantitative estimate of drug-likeness (QED) is 0.777. The number of carbonyl (C=O) groups is 1. The van der Waals surface area contributed by atoms with E-state index in [1.165, 1.54) is 0 Å². The predicted molar refractivity (Wildman–Crippen MR) is 77.1 cm³/mol. The fourth-order valence-electron chi connectivity index (χ4n) is 2.79. The summed E-state index contributed by atoms with van der Waals surface area (Å²) in [6.45, 7) is 0.389.